The maximum absolute atomic E-state index is 12.4. The van der Waals surface area contributed by atoms with Crippen LogP contribution in [0.25, 0.3) is 0 Å². The van der Waals surface area contributed by atoms with Crippen molar-refractivity contribution in [2.45, 2.75) is 17.7 Å². The lowest BCUT2D eigenvalue weighted by Gasteiger charge is -2.08. The molecule has 2 aromatic rings. The zero-order valence-corrected chi connectivity index (χ0v) is 12.7. The SMILES string of the molecule is Cl.O=S(=O)(NCc1ccc(C(F)(F)F)cc1)c1ccccn1. The Morgan fingerprint density at radius 3 is 2.18 bits per heavy atom. The van der Waals surface area contributed by atoms with E-state index in [1.165, 1.54) is 30.5 Å². The van der Waals surface area contributed by atoms with E-state index < -0.39 is 21.8 Å². The van der Waals surface area contributed by atoms with Crippen LogP contribution in [0.1, 0.15) is 11.1 Å². The Kier molecular flexibility index (Phi) is 5.92. The molecular formula is C13H12ClF3N2O2S. The molecule has 0 bridgehead atoms. The lowest BCUT2D eigenvalue weighted by atomic mass is 10.1. The van der Waals surface area contributed by atoms with Crippen LogP contribution in [0.5, 0.6) is 0 Å². The molecule has 1 aromatic carbocycles. The van der Waals surface area contributed by atoms with Gasteiger partial charge >= 0.3 is 6.18 Å². The van der Waals surface area contributed by atoms with Crippen molar-refractivity contribution >= 4 is 22.4 Å². The molecule has 1 aromatic heterocycles. The molecule has 1 heterocycles. The van der Waals surface area contributed by atoms with Crippen molar-refractivity contribution in [3.63, 3.8) is 0 Å². The van der Waals surface area contributed by atoms with Crippen molar-refractivity contribution in [2.24, 2.45) is 0 Å². The van der Waals surface area contributed by atoms with Gasteiger partial charge in [-0.15, -0.1) is 12.4 Å². The third kappa shape index (κ3) is 4.69. The summed E-state index contributed by atoms with van der Waals surface area (Å²) in [6, 6.07) is 8.70. The molecule has 9 heteroatoms. The van der Waals surface area contributed by atoms with Crippen LogP contribution in [0.2, 0.25) is 0 Å². The van der Waals surface area contributed by atoms with Crippen molar-refractivity contribution < 1.29 is 21.6 Å². The van der Waals surface area contributed by atoms with Crippen LogP contribution >= 0.6 is 12.4 Å². The molecule has 0 radical (unpaired) electrons. The van der Waals surface area contributed by atoms with Gasteiger partial charge < -0.3 is 0 Å². The van der Waals surface area contributed by atoms with Crippen molar-refractivity contribution in [1.82, 2.24) is 9.71 Å². The van der Waals surface area contributed by atoms with Crippen molar-refractivity contribution in [3.05, 3.63) is 59.8 Å². The van der Waals surface area contributed by atoms with Crippen LogP contribution in [-0.2, 0) is 22.7 Å². The third-order valence-corrected chi connectivity index (χ3v) is 3.98. The Morgan fingerprint density at radius 2 is 1.68 bits per heavy atom. The summed E-state index contributed by atoms with van der Waals surface area (Å²) in [5.41, 5.74) is -0.360. The zero-order chi connectivity index (χ0) is 15.5. The van der Waals surface area contributed by atoms with Crippen molar-refractivity contribution in [2.75, 3.05) is 0 Å². The molecule has 1 N–H and O–H groups in total. The molecule has 2 rings (SSSR count). The summed E-state index contributed by atoms with van der Waals surface area (Å²) >= 11 is 0. The number of nitrogens with zero attached hydrogens (tertiary/aromatic N) is 1. The maximum atomic E-state index is 12.4. The first kappa shape index (κ1) is 18.4. The number of aromatic nitrogens is 1. The fourth-order valence-electron chi connectivity index (χ4n) is 1.57. The number of benzene rings is 1. The van der Waals surface area contributed by atoms with Crippen LogP contribution in [-0.4, -0.2) is 13.4 Å². The normalized spacial score (nSPS) is 11.8. The number of halogens is 4. The number of sulfonamides is 1. The Labute approximate surface area is 131 Å². The summed E-state index contributed by atoms with van der Waals surface area (Å²) in [4.78, 5) is 3.71. The van der Waals surface area contributed by atoms with Gasteiger partial charge in [0.05, 0.1) is 5.56 Å². The van der Waals surface area contributed by atoms with Gasteiger partial charge in [0.25, 0.3) is 10.0 Å². The molecular weight excluding hydrogens is 341 g/mol. The minimum Gasteiger partial charge on any atom is -0.243 e. The minimum absolute atomic E-state index is 0. The first-order valence-electron chi connectivity index (χ1n) is 5.86. The van der Waals surface area contributed by atoms with E-state index in [4.69, 9.17) is 0 Å². The highest BCUT2D eigenvalue weighted by Crippen LogP contribution is 2.29. The third-order valence-electron chi connectivity index (χ3n) is 2.66. The van der Waals surface area contributed by atoms with Gasteiger partial charge in [-0.3, -0.25) is 0 Å². The van der Waals surface area contributed by atoms with Gasteiger partial charge in [0.15, 0.2) is 5.03 Å². The predicted molar refractivity (Wildman–Crippen MR) is 77.0 cm³/mol. The first-order chi connectivity index (χ1) is 9.79. The molecule has 0 aliphatic rings. The largest absolute Gasteiger partial charge is 0.416 e. The monoisotopic (exact) mass is 352 g/mol. The average molecular weight is 353 g/mol. The average Bonchev–Trinajstić information content (AvgIpc) is 2.46. The summed E-state index contributed by atoms with van der Waals surface area (Å²) in [6.07, 6.45) is -3.07. The molecule has 0 unspecified atom stereocenters. The van der Waals surface area contributed by atoms with Crippen LogP contribution < -0.4 is 4.72 Å². The lowest BCUT2D eigenvalue weighted by molar-refractivity contribution is -0.137. The molecule has 0 amide bonds. The summed E-state index contributed by atoms with van der Waals surface area (Å²) < 4.78 is 63.2. The Balaban J connectivity index is 0.00000242. The van der Waals surface area contributed by atoms with Gasteiger partial charge in [-0.1, -0.05) is 18.2 Å². The Hall–Kier alpha value is -1.64. The quantitative estimate of drug-likeness (QED) is 0.920. The highest BCUT2D eigenvalue weighted by Gasteiger charge is 2.29. The van der Waals surface area contributed by atoms with Crippen molar-refractivity contribution in [1.29, 1.82) is 0 Å². The number of rotatable bonds is 4. The van der Waals surface area contributed by atoms with Crippen LogP contribution in [0.4, 0.5) is 13.2 Å². The van der Waals surface area contributed by atoms with E-state index >= 15 is 0 Å². The van der Waals surface area contributed by atoms with E-state index in [2.05, 4.69) is 9.71 Å². The van der Waals surface area contributed by atoms with E-state index in [0.29, 0.717) is 5.56 Å². The highest BCUT2D eigenvalue weighted by molar-refractivity contribution is 7.89. The van der Waals surface area contributed by atoms with E-state index in [0.717, 1.165) is 12.1 Å². The predicted octanol–water partition coefficient (Wildman–Crippen LogP) is 3.00. The van der Waals surface area contributed by atoms with Crippen LogP contribution in [0.15, 0.2) is 53.7 Å². The number of alkyl halides is 3. The second-order valence-corrected chi connectivity index (χ2v) is 5.90. The standard InChI is InChI=1S/C13H11F3N2O2S.ClH/c14-13(15,16)11-6-4-10(5-7-11)9-18-21(19,20)12-3-1-2-8-17-12;/h1-8,18H,9H2;1H. The molecule has 120 valence electrons. The fraction of sp³-hybridized carbons (Fsp3) is 0.154. The van der Waals surface area contributed by atoms with E-state index in [-0.39, 0.29) is 24.0 Å². The molecule has 0 aliphatic carbocycles. The van der Waals surface area contributed by atoms with Gasteiger partial charge in [-0.05, 0) is 29.8 Å². The number of hydrogen-bond donors (Lipinski definition) is 1. The molecule has 0 atom stereocenters. The molecule has 0 spiro atoms. The smallest absolute Gasteiger partial charge is 0.243 e. The highest BCUT2D eigenvalue weighted by atomic mass is 35.5. The van der Waals surface area contributed by atoms with E-state index in [9.17, 15) is 21.6 Å². The first-order valence-corrected chi connectivity index (χ1v) is 7.34. The van der Waals surface area contributed by atoms with Gasteiger partial charge in [0, 0.05) is 12.7 Å². The number of nitrogens with one attached hydrogen (secondary N) is 1. The molecule has 0 aliphatic heterocycles. The molecule has 0 saturated carbocycles. The summed E-state index contributed by atoms with van der Waals surface area (Å²) in [6.45, 7) is -0.114. The second kappa shape index (κ2) is 7.08. The lowest BCUT2D eigenvalue weighted by Crippen LogP contribution is -2.24. The minimum atomic E-state index is -4.41. The number of hydrogen-bond acceptors (Lipinski definition) is 3. The molecule has 4 nitrogen and oxygen atoms in total. The Bertz CT molecular complexity index is 704. The summed E-state index contributed by atoms with van der Waals surface area (Å²) in [5.74, 6) is 0. The van der Waals surface area contributed by atoms with Gasteiger partial charge in [0.2, 0.25) is 0 Å². The molecule has 0 fully saturated rings. The zero-order valence-electron chi connectivity index (χ0n) is 11.0. The van der Waals surface area contributed by atoms with Gasteiger partial charge in [-0.25, -0.2) is 18.1 Å². The van der Waals surface area contributed by atoms with E-state index in [1.807, 2.05) is 0 Å². The molecule has 0 saturated heterocycles. The van der Waals surface area contributed by atoms with E-state index in [1.54, 1.807) is 6.07 Å². The van der Waals surface area contributed by atoms with Gasteiger partial charge in [0.1, 0.15) is 0 Å². The van der Waals surface area contributed by atoms with Crippen LogP contribution in [0, 0.1) is 0 Å². The maximum Gasteiger partial charge on any atom is 0.416 e. The molecule has 22 heavy (non-hydrogen) atoms. The Morgan fingerprint density at radius 1 is 1.05 bits per heavy atom. The summed E-state index contributed by atoms with van der Waals surface area (Å²) in [7, 11) is -3.78. The topological polar surface area (TPSA) is 59.1 Å². The fourth-order valence-corrected chi connectivity index (χ4v) is 2.53. The number of pyridine rings is 1. The van der Waals surface area contributed by atoms with Crippen LogP contribution in [0.3, 0.4) is 0 Å². The summed E-state index contributed by atoms with van der Waals surface area (Å²) in [5, 5.41) is -0.142. The second-order valence-electron chi connectivity index (χ2n) is 4.19. The van der Waals surface area contributed by atoms with Gasteiger partial charge in [-0.2, -0.15) is 13.2 Å². The van der Waals surface area contributed by atoms with Crippen molar-refractivity contribution in [3.8, 4) is 0 Å².